The van der Waals surface area contributed by atoms with E-state index in [2.05, 4.69) is 15.5 Å². The molecule has 2 atom stereocenters. The van der Waals surface area contributed by atoms with Crippen molar-refractivity contribution >= 4 is 11.9 Å². The Kier molecular flexibility index (Phi) is 3.87. The van der Waals surface area contributed by atoms with Gasteiger partial charge in [-0.15, -0.1) is 0 Å². The Hall–Kier alpha value is -1.85. The summed E-state index contributed by atoms with van der Waals surface area (Å²) in [5.74, 6) is -1.40. The lowest BCUT2D eigenvalue weighted by Gasteiger charge is -2.17. The van der Waals surface area contributed by atoms with Gasteiger partial charge in [-0.1, -0.05) is 6.42 Å². The first-order chi connectivity index (χ1) is 8.99. The minimum atomic E-state index is -0.821. The molecule has 3 N–H and O–H groups in total. The molecule has 0 saturated heterocycles. The Morgan fingerprint density at radius 3 is 2.74 bits per heavy atom. The summed E-state index contributed by atoms with van der Waals surface area (Å²) >= 11 is 0. The molecule has 1 aromatic rings. The summed E-state index contributed by atoms with van der Waals surface area (Å²) in [6.07, 6.45) is 2.48. The summed E-state index contributed by atoms with van der Waals surface area (Å²) in [6, 6.07) is -0.238. The van der Waals surface area contributed by atoms with Crippen molar-refractivity contribution in [2.24, 2.45) is 5.92 Å². The van der Waals surface area contributed by atoms with Gasteiger partial charge in [0, 0.05) is 17.3 Å². The first-order valence-corrected chi connectivity index (χ1v) is 6.51. The number of carbonyl (C=O) groups is 2. The average Bonchev–Trinajstić information content (AvgIpc) is 2.91. The van der Waals surface area contributed by atoms with Gasteiger partial charge < -0.3 is 10.4 Å². The van der Waals surface area contributed by atoms with Gasteiger partial charge in [0.2, 0.25) is 5.91 Å². The third-order valence-corrected chi connectivity index (χ3v) is 3.80. The molecular formula is C13H19N3O3. The number of nitrogens with zero attached hydrogens (tertiary/aromatic N) is 1. The fourth-order valence-electron chi connectivity index (χ4n) is 2.68. The van der Waals surface area contributed by atoms with Crippen LogP contribution < -0.4 is 5.32 Å². The van der Waals surface area contributed by atoms with Crippen molar-refractivity contribution < 1.29 is 14.7 Å². The number of carbonyl (C=O) groups excluding carboxylic acids is 1. The summed E-state index contributed by atoms with van der Waals surface area (Å²) in [5.41, 5.74) is 2.59. The van der Waals surface area contributed by atoms with Crippen molar-refractivity contribution in [1.82, 2.24) is 15.5 Å². The number of aliphatic carboxylic acids is 1. The third kappa shape index (κ3) is 2.94. The van der Waals surface area contributed by atoms with E-state index in [9.17, 15) is 9.59 Å². The van der Waals surface area contributed by atoms with E-state index in [-0.39, 0.29) is 18.4 Å². The molecule has 1 fully saturated rings. The van der Waals surface area contributed by atoms with Gasteiger partial charge in [-0.2, -0.15) is 5.10 Å². The number of aryl methyl sites for hydroxylation is 2. The zero-order valence-electron chi connectivity index (χ0n) is 11.2. The Morgan fingerprint density at radius 1 is 1.42 bits per heavy atom. The minimum absolute atomic E-state index is 0.134. The minimum Gasteiger partial charge on any atom is -0.481 e. The summed E-state index contributed by atoms with van der Waals surface area (Å²) in [4.78, 5) is 23.0. The molecule has 0 aromatic carbocycles. The number of aromatic nitrogens is 2. The Morgan fingerprint density at radius 2 is 2.16 bits per heavy atom. The Labute approximate surface area is 111 Å². The number of H-pyrrole nitrogens is 1. The third-order valence-electron chi connectivity index (χ3n) is 3.80. The maximum absolute atomic E-state index is 12.0. The van der Waals surface area contributed by atoms with Gasteiger partial charge in [0.05, 0.1) is 18.0 Å². The highest BCUT2D eigenvalue weighted by atomic mass is 16.4. The molecule has 104 valence electrons. The van der Waals surface area contributed by atoms with Gasteiger partial charge >= 0.3 is 5.97 Å². The van der Waals surface area contributed by atoms with Crippen LogP contribution in [-0.2, 0) is 16.0 Å². The lowest BCUT2D eigenvalue weighted by atomic mass is 10.0. The number of hydrogen-bond donors (Lipinski definition) is 3. The van der Waals surface area contributed by atoms with E-state index < -0.39 is 11.9 Å². The van der Waals surface area contributed by atoms with Gasteiger partial charge in [0.25, 0.3) is 0 Å². The second-order valence-corrected chi connectivity index (χ2v) is 5.14. The molecule has 1 saturated carbocycles. The molecule has 1 amide bonds. The SMILES string of the molecule is Cc1n[nH]c(C)c1CC(=O)NC1CCCC1C(=O)O. The van der Waals surface area contributed by atoms with Crippen molar-refractivity contribution in [3.05, 3.63) is 17.0 Å². The molecule has 0 spiro atoms. The molecule has 1 aliphatic carbocycles. The normalized spacial score (nSPS) is 22.4. The summed E-state index contributed by atoms with van der Waals surface area (Å²) < 4.78 is 0. The van der Waals surface area contributed by atoms with Gasteiger partial charge in [-0.05, 0) is 26.7 Å². The zero-order valence-corrected chi connectivity index (χ0v) is 11.2. The molecule has 2 rings (SSSR count). The van der Waals surface area contributed by atoms with E-state index in [1.54, 1.807) is 0 Å². The molecule has 1 heterocycles. The Balaban J connectivity index is 1.96. The van der Waals surface area contributed by atoms with Crippen molar-refractivity contribution in [2.45, 2.75) is 45.6 Å². The number of rotatable bonds is 4. The molecule has 0 aliphatic heterocycles. The van der Waals surface area contributed by atoms with Crippen LogP contribution in [0.15, 0.2) is 0 Å². The average molecular weight is 265 g/mol. The van der Waals surface area contributed by atoms with Crippen molar-refractivity contribution in [3.8, 4) is 0 Å². The molecular weight excluding hydrogens is 246 g/mol. The monoisotopic (exact) mass is 265 g/mol. The Bertz CT molecular complexity index is 476. The van der Waals surface area contributed by atoms with Gasteiger partial charge in [0.1, 0.15) is 0 Å². The molecule has 1 aliphatic rings. The van der Waals surface area contributed by atoms with Crippen LogP contribution in [0.1, 0.15) is 36.2 Å². The van der Waals surface area contributed by atoms with E-state index >= 15 is 0 Å². The first-order valence-electron chi connectivity index (χ1n) is 6.51. The van der Waals surface area contributed by atoms with E-state index in [0.29, 0.717) is 6.42 Å². The molecule has 6 heteroatoms. The highest BCUT2D eigenvalue weighted by molar-refractivity contribution is 5.80. The van der Waals surface area contributed by atoms with Crippen LogP contribution in [0.2, 0.25) is 0 Å². The number of amides is 1. The quantitative estimate of drug-likeness (QED) is 0.755. The fraction of sp³-hybridized carbons (Fsp3) is 0.615. The van der Waals surface area contributed by atoms with Crippen LogP contribution >= 0.6 is 0 Å². The zero-order chi connectivity index (χ0) is 14.0. The van der Waals surface area contributed by atoms with E-state index in [1.165, 1.54) is 0 Å². The summed E-state index contributed by atoms with van der Waals surface area (Å²) in [7, 11) is 0. The molecule has 19 heavy (non-hydrogen) atoms. The lowest BCUT2D eigenvalue weighted by molar-refractivity contribution is -0.142. The van der Waals surface area contributed by atoms with Crippen molar-refractivity contribution in [3.63, 3.8) is 0 Å². The predicted molar refractivity (Wildman–Crippen MR) is 68.7 cm³/mol. The number of carboxylic acids is 1. The van der Waals surface area contributed by atoms with E-state index in [0.717, 1.165) is 29.8 Å². The first kappa shape index (κ1) is 13.6. The van der Waals surface area contributed by atoms with Crippen LogP contribution in [0.25, 0.3) is 0 Å². The number of nitrogens with one attached hydrogen (secondary N) is 2. The molecule has 2 unspecified atom stereocenters. The van der Waals surface area contributed by atoms with Crippen LogP contribution in [-0.4, -0.2) is 33.2 Å². The van der Waals surface area contributed by atoms with Crippen molar-refractivity contribution in [2.75, 3.05) is 0 Å². The largest absolute Gasteiger partial charge is 0.481 e. The van der Waals surface area contributed by atoms with Crippen LogP contribution in [0, 0.1) is 19.8 Å². The molecule has 1 aromatic heterocycles. The summed E-state index contributed by atoms with van der Waals surface area (Å²) in [5, 5.41) is 18.8. The maximum atomic E-state index is 12.0. The summed E-state index contributed by atoms with van der Waals surface area (Å²) in [6.45, 7) is 3.72. The maximum Gasteiger partial charge on any atom is 0.308 e. The fourth-order valence-corrected chi connectivity index (χ4v) is 2.68. The van der Waals surface area contributed by atoms with Crippen molar-refractivity contribution in [1.29, 1.82) is 0 Å². The van der Waals surface area contributed by atoms with Crippen LogP contribution in [0.4, 0.5) is 0 Å². The molecule has 6 nitrogen and oxygen atoms in total. The molecule has 0 radical (unpaired) electrons. The van der Waals surface area contributed by atoms with E-state index in [1.807, 2.05) is 13.8 Å². The number of aromatic amines is 1. The van der Waals surface area contributed by atoms with Gasteiger partial charge in [0.15, 0.2) is 0 Å². The predicted octanol–water partition coefficient (Wildman–Crippen LogP) is 0.939. The second-order valence-electron chi connectivity index (χ2n) is 5.14. The van der Waals surface area contributed by atoms with Gasteiger partial charge in [-0.25, -0.2) is 0 Å². The standard InChI is InChI=1S/C13H19N3O3/c1-7-10(8(2)16-15-7)6-12(17)14-11-5-3-4-9(11)13(18)19/h9,11H,3-6H2,1-2H3,(H,14,17)(H,15,16)(H,18,19). The second kappa shape index (κ2) is 5.42. The number of carboxylic acid groups (broad SMARTS) is 1. The number of hydrogen-bond acceptors (Lipinski definition) is 3. The van der Waals surface area contributed by atoms with Gasteiger partial charge in [-0.3, -0.25) is 14.7 Å². The van der Waals surface area contributed by atoms with Crippen LogP contribution in [0.5, 0.6) is 0 Å². The smallest absolute Gasteiger partial charge is 0.308 e. The van der Waals surface area contributed by atoms with Crippen LogP contribution in [0.3, 0.4) is 0 Å². The molecule has 0 bridgehead atoms. The van der Waals surface area contributed by atoms with E-state index in [4.69, 9.17) is 5.11 Å². The topological polar surface area (TPSA) is 95.1 Å². The lowest BCUT2D eigenvalue weighted by Crippen LogP contribution is -2.40. The highest BCUT2D eigenvalue weighted by Gasteiger charge is 2.33. The highest BCUT2D eigenvalue weighted by Crippen LogP contribution is 2.26.